The minimum atomic E-state index is -0.627. The number of para-hydroxylation sites is 1. The van der Waals surface area contributed by atoms with E-state index in [1.165, 1.54) is 0 Å². The third-order valence-corrected chi connectivity index (χ3v) is 5.27. The van der Waals surface area contributed by atoms with Crippen molar-refractivity contribution in [2.45, 2.75) is 59.0 Å². The van der Waals surface area contributed by atoms with Gasteiger partial charge in [0.25, 0.3) is 5.91 Å². The molecule has 0 aliphatic rings. The van der Waals surface area contributed by atoms with Crippen LogP contribution in [0.5, 0.6) is 11.5 Å². The van der Waals surface area contributed by atoms with Crippen LogP contribution in [0.15, 0.2) is 48.5 Å². The van der Waals surface area contributed by atoms with Crippen LogP contribution in [-0.2, 0) is 21.5 Å². The highest BCUT2D eigenvalue weighted by atomic mass is 16.5. The summed E-state index contributed by atoms with van der Waals surface area (Å²) in [6.07, 6.45) is 0.831. The number of benzene rings is 2. The van der Waals surface area contributed by atoms with Gasteiger partial charge in [0.15, 0.2) is 6.61 Å². The summed E-state index contributed by atoms with van der Waals surface area (Å²) < 4.78 is 11.2. The number of methoxy groups -OCH3 is 1. The maximum Gasteiger partial charge on any atom is 0.261 e. The lowest BCUT2D eigenvalue weighted by atomic mass is 9.86. The largest absolute Gasteiger partial charge is 0.497 e. The van der Waals surface area contributed by atoms with Gasteiger partial charge < -0.3 is 19.7 Å². The molecule has 6 nitrogen and oxygen atoms in total. The predicted molar refractivity (Wildman–Crippen MR) is 127 cm³/mol. The molecule has 2 aromatic rings. The van der Waals surface area contributed by atoms with E-state index < -0.39 is 6.04 Å². The van der Waals surface area contributed by atoms with Crippen LogP contribution in [0.1, 0.15) is 52.2 Å². The Kier molecular flexibility index (Phi) is 9.12. The average Bonchev–Trinajstić information content (AvgIpc) is 2.78. The van der Waals surface area contributed by atoms with Crippen molar-refractivity contribution in [3.8, 4) is 11.5 Å². The first kappa shape index (κ1) is 25.2. The number of nitrogens with zero attached hydrogens (tertiary/aromatic N) is 1. The summed E-state index contributed by atoms with van der Waals surface area (Å²) >= 11 is 0. The molecule has 0 saturated heterocycles. The Balaban J connectivity index is 2.20. The summed E-state index contributed by atoms with van der Waals surface area (Å²) in [5.74, 6) is 0.996. The summed E-state index contributed by atoms with van der Waals surface area (Å²) in [6.45, 7) is 10.8. The van der Waals surface area contributed by atoms with E-state index in [0.29, 0.717) is 18.8 Å². The summed E-state index contributed by atoms with van der Waals surface area (Å²) in [5, 5.41) is 2.88. The van der Waals surface area contributed by atoms with Crippen LogP contribution in [0.4, 0.5) is 0 Å². The molecule has 0 saturated carbocycles. The molecule has 1 N–H and O–H groups in total. The normalized spacial score (nSPS) is 12.1. The van der Waals surface area contributed by atoms with Crippen molar-refractivity contribution in [3.05, 3.63) is 59.7 Å². The first-order valence-corrected chi connectivity index (χ1v) is 11.1. The molecule has 0 radical (unpaired) electrons. The molecule has 1 unspecified atom stereocenters. The molecule has 0 aliphatic carbocycles. The van der Waals surface area contributed by atoms with Crippen LogP contribution in [0.3, 0.4) is 0 Å². The van der Waals surface area contributed by atoms with Gasteiger partial charge in [0, 0.05) is 13.1 Å². The van der Waals surface area contributed by atoms with Gasteiger partial charge >= 0.3 is 0 Å². The average molecular weight is 441 g/mol. The second-order valence-corrected chi connectivity index (χ2v) is 8.87. The van der Waals surface area contributed by atoms with Gasteiger partial charge in [0.05, 0.1) is 7.11 Å². The zero-order valence-electron chi connectivity index (χ0n) is 20.1. The molecule has 174 valence electrons. The van der Waals surface area contributed by atoms with Crippen LogP contribution in [0.2, 0.25) is 0 Å². The van der Waals surface area contributed by atoms with Gasteiger partial charge in [-0.25, -0.2) is 0 Å². The first-order valence-electron chi connectivity index (χ1n) is 11.1. The molecule has 6 heteroatoms. The topological polar surface area (TPSA) is 67.9 Å². The number of rotatable bonds is 10. The minimum Gasteiger partial charge on any atom is -0.497 e. The summed E-state index contributed by atoms with van der Waals surface area (Å²) in [4.78, 5) is 27.4. The summed E-state index contributed by atoms with van der Waals surface area (Å²) in [5.41, 5.74) is 1.82. The standard InChI is InChI=1S/C26H36N2O4/c1-7-16-27-25(30)19(2)28(17-20-12-14-21(31-6)15-13-20)24(29)18-32-23-11-9-8-10-22(23)26(3,4)5/h8-15,19H,7,16-18H2,1-6H3,(H,27,30). The highest BCUT2D eigenvalue weighted by Gasteiger charge is 2.27. The summed E-state index contributed by atoms with van der Waals surface area (Å²) in [6, 6.07) is 14.6. The zero-order valence-corrected chi connectivity index (χ0v) is 20.1. The molecular weight excluding hydrogens is 404 g/mol. The quantitative estimate of drug-likeness (QED) is 0.598. The monoisotopic (exact) mass is 440 g/mol. The van der Waals surface area contributed by atoms with E-state index in [4.69, 9.17) is 9.47 Å². The van der Waals surface area contributed by atoms with Crippen LogP contribution in [0.25, 0.3) is 0 Å². The second-order valence-electron chi connectivity index (χ2n) is 8.87. The lowest BCUT2D eigenvalue weighted by Gasteiger charge is -2.29. The molecule has 0 aliphatic heterocycles. The van der Waals surface area contributed by atoms with Crippen molar-refractivity contribution in [2.75, 3.05) is 20.3 Å². The molecule has 0 spiro atoms. The van der Waals surface area contributed by atoms with Gasteiger partial charge in [-0.1, -0.05) is 58.0 Å². The van der Waals surface area contributed by atoms with Crippen molar-refractivity contribution in [3.63, 3.8) is 0 Å². The van der Waals surface area contributed by atoms with Crippen molar-refractivity contribution in [1.29, 1.82) is 0 Å². The number of amides is 2. The maximum absolute atomic E-state index is 13.2. The fraction of sp³-hybridized carbons (Fsp3) is 0.462. The van der Waals surface area contributed by atoms with E-state index in [0.717, 1.165) is 23.3 Å². The van der Waals surface area contributed by atoms with Crippen LogP contribution in [-0.4, -0.2) is 43.0 Å². The van der Waals surface area contributed by atoms with E-state index in [-0.39, 0.29) is 23.8 Å². The van der Waals surface area contributed by atoms with E-state index in [2.05, 4.69) is 26.1 Å². The zero-order chi connectivity index (χ0) is 23.7. The van der Waals surface area contributed by atoms with Gasteiger partial charge in [0.2, 0.25) is 5.91 Å². The van der Waals surface area contributed by atoms with Crippen LogP contribution < -0.4 is 14.8 Å². The maximum atomic E-state index is 13.2. The highest BCUT2D eigenvalue weighted by molar-refractivity contribution is 5.88. The highest BCUT2D eigenvalue weighted by Crippen LogP contribution is 2.31. The number of carbonyl (C=O) groups is 2. The van der Waals surface area contributed by atoms with Crippen LogP contribution in [0, 0.1) is 0 Å². The Morgan fingerprint density at radius 2 is 1.72 bits per heavy atom. The van der Waals surface area contributed by atoms with Gasteiger partial charge in [0.1, 0.15) is 17.5 Å². The van der Waals surface area contributed by atoms with E-state index in [1.54, 1.807) is 18.9 Å². The fourth-order valence-corrected chi connectivity index (χ4v) is 3.34. The Bertz CT molecular complexity index is 887. The molecule has 0 fully saturated rings. The summed E-state index contributed by atoms with van der Waals surface area (Å²) in [7, 11) is 1.61. The first-order chi connectivity index (χ1) is 15.2. The van der Waals surface area contributed by atoms with Crippen molar-refractivity contribution in [1.82, 2.24) is 10.2 Å². The van der Waals surface area contributed by atoms with Gasteiger partial charge in [-0.15, -0.1) is 0 Å². The number of hydrogen-bond acceptors (Lipinski definition) is 4. The van der Waals surface area contributed by atoms with Crippen molar-refractivity contribution in [2.24, 2.45) is 0 Å². The SMILES string of the molecule is CCCNC(=O)C(C)N(Cc1ccc(OC)cc1)C(=O)COc1ccccc1C(C)(C)C. The Morgan fingerprint density at radius 3 is 2.31 bits per heavy atom. The molecule has 0 aromatic heterocycles. The molecule has 2 aromatic carbocycles. The number of ether oxygens (including phenoxy) is 2. The van der Waals surface area contributed by atoms with E-state index in [9.17, 15) is 9.59 Å². The molecule has 2 amide bonds. The lowest BCUT2D eigenvalue weighted by molar-refractivity contribution is -0.142. The van der Waals surface area contributed by atoms with Gasteiger partial charge in [-0.3, -0.25) is 9.59 Å². The Labute approximate surface area is 191 Å². The number of nitrogens with one attached hydrogen (secondary N) is 1. The number of carbonyl (C=O) groups excluding carboxylic acids is 2. The second kappa shape index (κ2) is 11.6. The smallest absolute Gasteiger partial charge is 0.261 e. The molecule has 1 atom stereocenters. The number of hydrogen-bond donors (Lipinski definition) is 1. The molecule has 0 bridgehead atoms. The Morgan fingerprint density at radius 1 is 1.06 bits per heavy atom. The predicted octanol–water partition coefficient (Wildman–Crippen LogP) is 4.32. The molecule has 0 heterocycles. The molecule has 32 heavy (non-hydrogen) atoms. The molecular formula is C26H36N2O4. The Hall–Kier alpha value is -3.02. The van der Waals surface area contributed by atoms with Gasteiger partial charge in [-0.2, -0.15) is 0 Å². The van der Waals surface area contributed by atoms with Crippen molar-refractivity contribution < 1.29 is 19.1 Å². The van der Waals surface area contributed by atoms with E-state index in [1.807, 2.05) is 55.5 Å². The fourth-order valence-electron chi connectivity index (χ4n) is 3.34. The van der Waals surface area contributed by atoms with Gasteiger partial charge in [-0.05, 0) is 48.1 Å². The van der Waals surface area contributed by atoms with E-state index >= 15 is 0 Å². The lowest BCUT2D eigenvalue weighted by Crippen LogP contribution is -2.49. The minimum absolute atomic E-state index is 0.115. The third kappa shape index (κ3) is 7.01. The van der Waals surface area contributed by atoms with Crippen LogP contribution >= 0.6 is 0 Å². The van der Waals surface area contributed by atoms with Crippen molar-refractivity contribution >= 4 is 11.8 Å². The molecule has 2 rings (SSSR count). The third-order valence-electron chi connectivity index (χ3n) is 5.27.